The Bertz CT molecular complexity index is 631. The van der Waals surface area contributed by atoms with Crippen molar-refractivity contribution in [3.8, 4) is 0 Å². The molecule has 106 valence electrons. The van der Waals surface area contributed by atoms with Crippen LogP contribution in [0.4, 0.5) is 0 Å². The molecule has 0 aliphatic rings. The van der Waals surface area contributed by atoms with Crippen LogP contribution in [0, 0.1) is 0 Å². The van der Waals surface area contributed by atoms with Gasteiger partial charge in [-0.25, -0.2) is 0 Å². The number of hydrogen-bond acceptors (Lipinski definition) is 2. The molecule has 1 aromatic heterocycles. The first-order valence-electron chi connectivity index (χ1n) is 6.91. The highest BCUT2D eigenvalue weighted by Crippen LogP contribution is 2.21. The Kier molecular flexibility index (Phi) is 4.61. The number of Topliss-reactive ketones (excluding diaryl/α,β-unsaturated/α-hetero) is 1. The maximum absolute atomic E-state index is 11.9. The number of carbonyl (C=O) groups is 1. The summed E-state index contributed by atoms with van der Waals surface area (Å²) in [6.45, 7) is 6.28. The van der Waals surface area contributed by atoms with Gasteiger partial charge in [-0.1, -0.05) is 43.6 Å². The molecule has 1 heterocycles. The van der Waals surface area contributed by atoms with Crippen molar-refractivity contribution in [3.63, 3.8) is 0 Å². The zero-order chi connectivity index (χ0) is 14.7. The Morgan fingerprint density at radius 1 is 1.25 bits per heavy atom. The molecule has 0 saturated carbocycles. The van der Waals surface area contributed by atoms with Crippen LogP contribution in [-0.2, 0) is 19.4 Å². The van der Waals surface area contributed by atoms with Gasteiger partial charge in [0.2, 0.25) is 0 Å². The van der Waals surface area contributed by atoms with Crippen LogP contribution in [0.5, 0.6) is 0 Å². The number of benzene rings is 1. The van der Waals surface area contributed by atoms with E-state index in [0.29, 0.717) is 6.54 Å². The van der Waals surface area contributed by atoms with Crippen molar-refractivity contribution in [1.29, 1.82) is 0 Å². The number of aryl methyl sites for hydroxylation is 1. The van der Waals surface area contributed by atoms with Gasteiger partial charge in [0.1, 0.15) is 0 Å². The summed E-state index contributed by atoms with van der Waals surface area (Å²) in [5.41, 5.74) is 3.67. The fraction of sp³-hybridized carbons (Fsp3) is 0.375. The molecule has 2 rings (SSSR count). The summed E-state index contributed by atoms with van der Waals surface area (Å²) in [5, 5.41) is 5.32. The molecular formula is C16H19ClN2O. The Hall–Kier alpha value is -1.61. The molecule has 0 unspecified atom stereocenters. The molecule has 0 N–H and O–H groups in total. The number of halogens is 1. The molecule has 0 bridgehead atoms. The minimum Gasteiger partial charge on any atom is -0.294 e. The van der Waals surface area contributed by atoms with E-state index in [1.807, 2.05) is 42.8 Å². The second kappa shape index (κ2) is 6.23. The lowest BCUT2D eigenvalue weighted by molar-refractivity contribution is 0.101. The molecule has 0 aliphatic carbocycles. The third-order valence-corrected chi connectivity index (χ3v) is 3.80. The maximum Gasteiger partial charge on any atom is 0.163 e. The number of aromatic nitrogens is 2. The van der Waals surface area contributed by atoms with Crippen LogP contribution < -0.4 is 0 Å². The molecule has 4 heteroatoms. The SMILES string of the molecule is CCc1nn(Cc2ccccc2Cl)c(CC)c1C(C)=O. The topological polar surface area (TPSA) is 34.9 Å². The lowest BCUT2D eigenvalue weighted by atomic mass is 10.1. The molecule has 0 spiro atoms. The van der Waals surface area contributed by atoms with E-state index in [-0.39, 0.29) is 5.78 Å². The van der Waals surface area contributed by atoms with Crippen molar-refractivity contribution in [2.24, 2.45) is 0 Å². The first-order chi connectivity index (χ1) is 9.58. The van der Waals surface area contributed by atoms with E-state index < -0.39 is 0 Å². The molecule has 0 saturated heterocycles. The van der Waals surface area contributed by atoms with Gasteiger partial charge in [-0.2, -0.15) is 5.10 Å². The molecule has 0 radical (unpaired) electrons. The number of rotatable bonds is 5. The van der Waals surface area contributed by atoms with Crippen LogP contribution >= 0.6 is 11.6 Å². The van der Waals surface area contributed by atoms with Crippen LogP contribution in [0.2, 0.25) is 5.02 Å². The van der Waals surface area contributed by atoms with Gasteiger partial charge < -0.3 is 0 Å². The molecule has 0 aliphatic heterocycles. The molecule has 0 atom stereocenters. The van der Waals surface area contributed by atoms with Gasteiger partial charge in [0.25, 0.3) is 0 Å². The van der Waals surface area contributed by atoms with Crippen molar-refractivity contribution in [2.75, 3.05) is 0 Å². The Labute approximate surface area is 124 Å². The highest BCUT2D eigenvalue weighted by molar-refractivity contribution is 6.31. The largest absolute Gasteiger partial charge is 0.294 e. The van der Waals surface area contributed by atoms with E-state index in [2.05, 4.69) is 5.10 Å². The van der Waals surface area contributed by atoms with Gasteiger partial charge in [-0.15, -0.1) is 0 Å². The summed E-state index contributed by atoms with van der Waals surface area (Å²) >= 11 is 6.20. The van der Waals surface area contributed by atoms with Gasteiger partial charge in [0, 0.05) is 10.7 Å². The molecule has 3 nitrogen and oxygen atoms in total. The van der Waals surface area contributed by atoms with Gasteiger partial charge in [0.15, 0.2) is 5.78 Å². The molecule has 1 aromatic carbocycles. The van der Waals surface area contributed by atoms with Crippen LogP contribution in [0.3, 0.4) is 0 Å². The lowest BCUT2D eigenvalue weighted by Gasteiger charge is -2.08. The average molecular weight is 291 g/mol. The van der Waals surface area contributed by atoms with E-state index in [0.717, 1.165) is 40.4 Å². The molecular weight excluding hydrogens is 272 g/mol. The first kappa shape index (κ1) is 14.8. The van der Waals surface area contributed by atoms with E-state index in [4.69, 9.17) is 11.6 Å². The summed E-state index contributed by atoms with van der Waals surface area (Å²) < 4.78 is 1.91. The average Bonchev–Trinajstić information content (AvgIpc) is 2.79. The molecule has 2 aromatic rings. The van der Waals surface area contributed by atoms with E-state index in [1.165, 1.54) is 0 Å². The number of carbonyl (C=O) groups excluding carboxylic acids is 1. The number of nitrogens with zero attached hydrogens (tertiary/aromatic N) is 2. The quantitative estimate of drug-likeness (QED) is 0.783. The van der Waals surface area contributed by atoms with E-state index in [1.54, 1.807) is 6.92 Å². The highest BCUT2D eigenvalue weighted by Gasteiger charge is 2.19. The molecule has 0 fully saturated rings. The fourth-order valence-electron chi connectivity index (χ4n) is 2.48. The zero-order valence-corrected chi connectivity index (χ0v) is 12.9. The summed E-state index contributed by atoms with van der Waals surface area (Å²) in [5.74, 6) is 0.0871. The minimum atomic E-state index is 0.0871. The normalized spacial score (nSPS) is 10.8. The predicted octanol–water partition coefficient (Wildman–Crippen LogP) is 3.91. The Morgan fingerprint density at radius 2 is 1.95 bits per heavy atom. The molecule has 20 heavy (non-hydrogen) atoms. The van der Waals surface area contributed by atoms with Crippen LogP contribution in [0.25, 0.3) is 0 Å². The lowest BCUT2D eigenvalue weighted by Crippen LogP contribution is -2.08. The van der Waals surface area contributed by atoms with Crippen LogP contribution in [0.15, 0.2) is 24.3 Å². The summed E-state index contributed by atoms with van der Waals surface area (Å²) in [7, 11) is 0. The standard InChI is InChI=1S/C16H19ClN2O/c1-4-14-16(11(3)20)15(5-2)19(18-14)10-12-8-6-7-9-13(12)17/h6-9H,4-5,10H2,1-3H3. The van der Waals surface area contributed by atoms with Crippen molar-refractivity contribution >= 4 is 17.4 Å². The third kappa shape index (κ3) is 2.78. The number of ketones is 1. The van der Waals surface area contributed by atoms with Crippen molar-refractivity contribution in [3.05, 3.63) is 51.8 Å². The van der Waals surface area contributed by atoms with Gasteiger partial charge >= 0.3 is 0 Å². The Morgan fingerprint density at radius 3 is 2.50 bits per heavy atom. The summed E-state index contributed by atoms with van der Waals surface area (Å²) in [4.78, 5) is 11.9. The summed E-state index contributed by atoms with van der Waals surface area (Å²) in [6.07, 6.45) is 1.55. The van der Waals surface area contributed by atoms with Crippen LogP contribution in [-0.4, -0.2) is 15.6 Å². The first-order valence-corrected chi connectivity index (χ1v) is 7.29. The zero-order valence-electron chi connectivity index (χ0n) is 12.1. The Balaban J connectivity index is 2.47. The van der Waals surface area contributed by atoms with E-state index >= 15 is 0 Å². The second-order valence-electron chi connectivity index (χ2n) is 4.78. The fourth-order valence-corrected chi connectivity index (χ4v) is 2.68. The van der Waals surface area contributed by atoms with Crippen LogP contribution in [0.1, 0.15) is 48.1 Å². The predicted molar refractivity (Wildman–Crippen MR) is 81.5 cm³/mol. The monoisotopic (exact) mass is 290 g/mol. The van der Waals surface area contributed by atoms with Crippen molar-refractivity contribution in [1.82, 2.24) is 9.78 Å². The smallest absolute Gasteiger partial charge is 0.163 e. The molecule has 0 amide bonds. The second-order valence-corrected chi connectivity index (χ2v) is 5.19. The highest BCUT2D eigenvalue weighted by atomic mass is 35.5. The van der Waals surface area contributed by atoms with Gasteiger partial charge in [-0.05, 0) is 31.4 Å². The van der Waals surface area contributed by atoms with Gasteiger partial charge in [0.05, 0.1) is 17.8 Å². The van der Waals surface area contributed by atoms with E-state index in [9.17, 15) is 4.79 Å². The minimum absolute atomic E-state index is 0.0871. The number of hydrogen-bond donors (Lipinski definition) is 0. The van der Waals surface area contributed by atoms with Crippen molar-refractivity contribution < 1.29 is 4.79 Å². The third-order valence-electron chi connectivity index (χ3n) is 3.43. The van der Waals surface area contributed by atoms with Crippen molar-refractivity contribution in [2.45, 2.75) is 40.2 Å². The van der Waals surface area contributed by atoms with Gasteiger partial charge in [-0.3, -0.25) is 9.48 Å². The summed E-state index contributed by atoms with van der Waals surface area (Å²) in [6, 6.07) is 7.73. The maximum atomic E-state index is 11.9.